The molecule has 0 heterocycles. The zero-order chi connectivity index (χ0) is 13.4. The van der Waals surface area contributed by atoms with E-state index < -0.39 is 0 Å². The highest BCUT2D eigenvalue weighted by Crippen LogP contribution is 2.28. The van der Waals surface area contributed by atoms with Crippen LogP contribution in [0.15, 0.2) is 18.2 Å². The summed E-state index contributed by atoms with van der Waals surface area (Å²) in [5.41, 5.74) is 11.7. The Labute approximate surface area is 107 Å². The largest absolute Gasteiger partial charge is 0.490 e. The lowest BCUT2D eigenvalue weighted by Gasteiger charge is -2.12. The molecule has 0 bridgehead atoms. The summed E-state index contributed by atoms with van der Waals surface area (Å²) in [6.45, 7) is 3.31. The van der Waals surface area contributed by atoms with Crippen LogP contribution in [-0.4, -0.2) is 25.7 Å². The molecular formula is C13H20N2O3. The Hall–Kier alpha value is -1.75. The van der Waals surface area contributed by atoms with E-state index >= 15 is 0 Å². The van der Waals surface area contributed by atoms with Crippen LogP contribution >= 0.6 is 0 Å². The molecule has 18 heavy (non-hydrogen) atoms. The molecule has 4 N–H and O–H groups in total. The number of benzene rings is 1. The van der Waals surface area contributed by atoms with Crippen molar-refractivity contribution in [1.29, 1.82) is 0 Å². The van der Waals surface area contributed by atoms with E-state index in [0.717, 1.165) is 12.0 Å². The minimum absolute atomic E-state index is 0.191. The van der Waals surface area contributed by atoms with Gasteiger partial charge in [0.15, 0.2) is 11.5 Å². The van der Waals surface area contributed by atoms with Gasteiger partial charge in [-0.2, -0.15) is 0 Å². The maximum atomic E-state index is 10.6. The van der Waals surface area contributed by atoms with Crippen molar-refractivity contribution in [2.24, 2.45) is 11.5 Å². The van der Waals surface area contributed by atoms with Crippen LogP contribution in [0.3, 0.4) is 0 Å². The SMILES string of the molecule is CCOc1cc(CCN)ccc1OCCC(N)=O. The third-order valence-electron chi connectivity index (χ3n) is 2.35. The van der Waals surface area contributed by atoms with Crippen LogP contribution in [-0.2, 0) is 11.2 Å². The second-order valence-electron chi connectivity index (χ2n) is 3.82. The molecule has 0 radical (unpaired) electrons. The van der Waals surface area contributed by atoms with Gasteiger partial charge in [-0.1, -0.05) is 6.07 Å². The number of nitrogens with two attached hydrogens (primary N) is 2. The van der Waals surface area contributed by atoms with E-state index in [1.807, 2.05) is 25.1 Å². The molecule has 0 spiro atoms. The maximum Gasteiger partial charge on any atom is 0.220 e. The molecule has 0 aliphatic carbocycles. The number of carbonyl (C=O) groups is 1. The number of rotatable bonds is 8. The van der Waals surface area contributed by atoms with Crippen molar-refractivity contribution >= 4 is 5.91 Å². The van der Waals surface area contributed by atoms with Gasteiger partial charge in [0.1, 0.15) is 0 Å². The smallest absolute Gasteiger partial charge is 0.220 e. The first-order valence-electron chi connectivity index (χ1n) is 6.04. The fraction of sp³-hybridized carbons (Fsp3) is 0.462. The summed E-state index contributed by atoms with van der Waals surface area (Å²) in [4.78, 5) is 10.6. The quantitative estimate of drug-likeness (QED) is 0.717. The molecule has 1 rings (SSSR count). The zero-order valence-electron chi connectivity index (χ0n) is 10.6. The summed E-state index contributed by atoms with van der Waals surface area (Å²) in [7, 11) is 0. The molecule has 1 aromatic carbocycles. The first-order valence-corrected chi connectivity index (χ1v) is 6.04. The highest BCUT2D eigenvalue weighted by molar-refractivity contribution is 5.73. The molecule has 0 aromatic heterocycles. The summed E-state index contributed by atoms with van der Waals surface area (Å²) >= 11 is 0. The van der Waals surface area contributed by atoms with Crippen molar-refractivity contribution in [2.45, 2.75) is 19.8 Å². The normalized spacial score (nSPS) is 10.1. The van der Waals surface area contributed by atoms with E-state index in [2.05, 4.69) is 0 Å². The Balaban J connectivity index is 2.72. The summed E-state index contributed by atoms with van der Waals surface area (Å²) < 4.78 is 11.0. The Kier molecular flexibility index (Phi) is 6.00. The molecule has 0 unspecified atom stereocenters. The number of ether oxygens (including phenoxy) is 2. The minimum atomic E-state index is -0.382. The van der Waals surface area contributed by atoms with E-state index in [4.69, 9.17) is 20.9 Å². The third kappa shape index (κ3) is 4.63. The predicted octanol–water partition coefficient (Wildman–Crippen LogP) is 0.841. The van der Waals surface area contributed by atoms with Gasteiger partial charge in [0.2, 0.25) is 5.91 Å². The number of hydrogen-bond acceptors (Lipinski definition) is 4. The van der Waals surface area contributed by atoms with Gasteiger partial charge >= 0.3 is 0 Å². The van der Waals surface area contributed by atoms with E-state index in [1.165, 1.54) is 0 Å². The van der Waals surface area contributed by atoms with Crippen LogP contribution in [0, 0.1) is 0 Å². The molecule has 0 saturated heterocycles. The molecule has 100 valence electrons. The van der Waals surface area contributed by atoms with Crippen LogP contribution in [0.25, 0.3) is 0 Å². The van der Waals surface area contributed by atoms with E-state index in [0.29, 0.717) is 24.7 Å². The lowest BCUT2D eigenvalue weighted by Crippen LogP contribution is -2.15. The number of carbonyl (C=O) groups excluding carboxylic acids is 1. The Morgan fingerprint density at radius 3 is 2.67 bits per heavy atom. The van der Waals surface area contributed by atoms with Crippen molar-refractivity contribution in [1.82, 2.24) is 0 Å². The molecule has 0 aliphatic heterocycles. The van der Waals surface area contributed by atoms with E-state index in [9.17, 15) is 4.79 Å². The Morgan fingerprint density at radius 2 is 2.06 bits per heavy atom. The fourth-order valence-electron chi connectivity index (χ4n) is 1.52. The number of amides is 1. The van der Waals surface area contributed by atoms with Gasteiger partial charge in [0.05, 0.1) is 19.6 Å². The molecule has 1 aromatic rings. The highest BCUT2D eigenvalue weighted by atomic mass is 16.5. The van der Waals surface area contributed by atoms with Crippen LogP contribution in [0.5, 0.6) is 11.5 Å². The molecule has 0 aliphatic rings. The molecule has 5 nitrogen and oxygen atoms in total. The van der Waals surface area contributed by atoms with Crippen LogP contribution < -0.4 is 20.9 Å². The molecule has 0 saturated carbocycles. The van der Waals surface area contributed by atoms with Crippen molar-refractivity contribution in [2.75, 3.05) is 19.8 Å². The molecule has 5 heteroatoms. The molecule has 0 fully saturated rings. The average molecular weight is 252 g/mol. The van der Waals surface area contributed by atoms with E-state index in [-0.39, 0.29) is 18.9 Å². The maximum absolute atomic E-state index is 10.6. The van der Waals surface area contributed by atoms with Crippen LogP contribution in [0.2, 0.25) is 0 Å². The standard InChI is InChI=1S/C13H20N2O3/c1-2-17-12-9-10(5-7-14)3-4-11(12)18-8-6-13(15)16/h3-4,9H,2,5-8,14H2,1H3,(H2,15,16). The average Bonchev–Trinajstić information content (AvgIpc) is 2.32. The monoisotopic (exact) mass is 252 g/mol. The lowest BCUT2D eigenvalue weighted by atomic mass is 10.1. The van der Waals surface area contributed by atoms with Gasteiger partial charge in [-0.3, -0.25) is 4.79 Å². The first-order chi connectivity index (χ1) is 8.67. The third-order valence-corrected chi connectivity index (χ3v) is 2.35. The molecular weight excluding hydrogens is 232 g/mol. The second kappa shape index (κ2) is 7.55. The Bertz CT molecular complexity index is 394. The summed E-state index contributed by atoms with van der Waals surface area (Å²) in [5, 5.41) is 0. The van der Waals surface area contributed by atoms with Crippen LogP contribution in [0.4, 0.5) is 0 Å². The number of hydrogen-bond donors (Lipinski definition) is 2. The second-order valence-corrected chi connectivity index (χ2v) is 3.82. The van der Waals surface area contributed by atoms with Gasteiger partial charge in [0, 0.05) is 0 Å². The Morgan fingerprint density at radius 1 is 1.28 bits per heavy atom. The van der Waals surface area contributed by atoms with Crippen molar-refractivity contribution in [3.63, 3.8) is 0 Å². The summed E-state index contributed by atoms with van der Waals surface area (Å²) in [5.74, 6) is 0.916. The summed E-state index contributed by atoms with van der Waals surface area (Å²) in [6, 6.07) is 5.68. The van der Waals surface area contributed by atoms with Gasteiger partial charge < -0.3 is 20.9 Å². The van der Waals surface area contributed by atoms with E-state index in [1.54, 1.807) is 0 Å². The van der Waals surface area contributed by atoms with Crippen molar-refractivity contribution < 1.29 is 14.3 Å². The van der Waals surface area contributed by atoms with Crippen LogP contribution in [0.1, 0.15) is 18.9 Å². The first kappa shape index (κ1) is 14.3. The molecule has 0 atom stereocenters. The van der Waals surface area contributed by atoms with Gasteiger partial charge in [0.25, 0.3) is 0 Å². The molecule has 1 amide bonds. The van der Waals surface area contributed by atoms with Crippen molar-refractivity contribution in [3.05, 3.63) is 23.8 Å². The topological polar surface area (TPSA) is 87.6 Å². The van der Waals surface area contributed by atoms with Gasteiger partial charge in [-0.25, -0.2) is 0 Å². The number of primary amides is 1. The fourth-order valence-corrected chi connectivity index (χ4v) is 1.52. The van der Waals surface area contributed by atoms with Gasteiger partial charge in [-0.15, -0.1) is 0 Å². The zero-order valence-corrected chi connectivity index (χ0v) is 10.6. The predicted molar refractivity (Wildman–Crippen MR) is 69.7 cm³/mol. The summed E-state index contributed by atoms with van der Waals surface area (Å²) in [6.07, 6.45) is 0.984. The van der Waals surface area contributed by atoms with Gasteiger partial charge in [-0.05, 0) is 37.6 Å². The highest BCUT2D eigenvalue weighted by Gasteiger charge is 2.07. The lowest BCUT2D eigenvalue weighted by molar-refractivity contribution is -0.118. The minimum Gasteiger partial charge on any atom is -0.490 e. The van der Waals surface area contributed by atoms with Crippen molar-refractivity contribution in [3.8, 4) is 11.5 Å².